The summed E-state index contributed by atoms with van der Waals surface area (Å²) in [5, 5.41) is 9.06. The highest BCUT2D eigenvalue weighted by molar-refractivity contribution is 7.80. The topological polar surface area (TPSA) is 33.0 Å². The molecule has 0 aliphatic rings. The van der Waals surface area contributed by atoms with Gasteiger partial charge in [-0.05, 0) is 25.1 Å². The monoisotopic (exact) mass is 171 g/mol. The summed E-state index contributed by atoms with van der Waals surface area (Å²) in [5.41, 5.74) is 0. The molecule has 0 N–H and O–H groups in total. The molecule has 0 aromatic heterocycles. The first-order chi connectivity index (χ1) is 5.24. The van der Waals surface area contributed by atoms with E-state index in [0.717, 1.165) is 12.8 Å². The highest BCUT2D eigenvalue weighted by Gasteiger charge is 2.06. The van der Waals surface area contributed by atoms with Gasteiger partial charge in [-0.25, -0.2) is 0 Å². The standard InChI is InChI=1S/C8H13NOS/c1-3-5-8(11)10-7(4-2)6-9/h7H,3-5H2,1-2H3. The maximum absolute atomic E-state index is 8.51. The predicted molar refractivity (Wildman–Crippen MR) is 48.3 cm³/mol. The molecule has 0 aromatic carbocycles. The van der Waals surface area contributed by atoms with Crippen molar-refractivity contribution >= 4 is 17.3 Å². The van der Waals surface area contributed by atoms with E-state index in [2.05, 4.69) is 0 Å². The molecule has 11 heavy (non-hydrogen) atoms. The summed E-state index contributed by atoms with van der Waals surface area (Å²) in [4.78, 5) is 0. The largest absolute Gasteiger partial charge is 0.469 e. The minimum absolute atomic E-state index is 0.353. The van der Waals surface area contributed by atoms with Crippen LogP contribution in [-0.2, 0) is 4.74 Å². The number of thiocarbonyl (C=S) groups is 1. The van der Waals surface area contributed by atoms with Gasteiger partial charge < -0.3 is 4.74 Å². The summed E-state index contributed by atoms with van der Waals surface area (Å²) < 4.78 is 5.16. The van der Waals surface area contributed by atoms with Crippen LogP contribution >= 0.6 is 12.2 Å². The molecule has 0 aliphatic heterocycles. The van der Waals surface area contributed by atoms with Crippen molar-refractivity contribution in [1.82, 2.24) is 0 Å². The summed E-state index contributed by atoms with van der Waals surface area (Å²) in [6, 6.07) is 2.03. The van der Waals surface area contributed by atoms with Crippen molar-refractivity contribution in [3.8, 4) is 6.07 Å². The molecule has 0 amide bonds. The molecule has 0 saturated heterocycles. The van der Waals surface area contributed by atoms with Gasteiger partial charge in [-0.2, -0.15) is 5.26 Å². The zero-order valence-electron chi connectivity index (χ0n) is 6.96. The molecule has 0 heterocycles. The van der Waals surface area contributed by atoms with Crippen molar-refractivity contribution in [3.05, 3.63) is 0 Å². The fraction of sp³-hybridized carbons (Fsp3) is 0.750. The fourth-order valence-corrected chi connectivity index (χ4v) is 0.943. The normalized spacial score (nSPS) is 11.7. The second kappa shape index (κ2) is 6.11. The van der Waals surface area contributed by atoms with Crippen LogP contribution in [0.2, 0.25) is 0 Å². The zero-order valence-corrected chi connectivity index (χ0v) is 7.78. The van der Waals surface area contributed by atoms with E-state index in [0.29, 0.717) is 11.5 Å². The lowest BCUT2D eigenvalue weighted by Crippen LogP contribution is -2.13. The summed E-state index contributed by atoms with van der Waals surface area (Å²) in [6.07, 6.45) is 2.09. The Morgan fingerprint density at radius 1 is 1.64 bits per heavy atom. The van der Waals surface area contributed by atoms with Gasteiger partial charge in [0.15, 0.2) is 11.2 Å². The van der Waals surface area contributed by atoms with Crippen LogP contribution in [0.15, 0.2) is 0 Å². The molecule has 62 valence electrons. The fourth-order valence-electron chi connectivity index (χ4n) is 0.623. The van der Waals surface area contributed by atoms with Gasteiger partial charge in [0.1, 0.15) is 6.07 Å². The van der Waals surface area contributed by atoms with Gasteiger partial charge in [0.25, 0.3) is 0 Å². The Kier molecular flexibility index (Phi) is 5.77. The molecule has 0 aliphatic carbocycles. The first-order valence-electron chi connectivity index (χ1n) is 3.83. The van der Waals surface area contributed by atoms with E-state index in [-0.39, 0.29) is 6.10 Å². The molecule has 0 aromatic rings. The van der Waals surface area contributed by atoms with E-state index in [1.165, 1.54) is 0 Å². The molecule has 3 heteroatoms. The van der Waals surface area contributed by atoms with Gasteiger partial charge in [-0.1, -0.05) is 13.8 Å². The summed E-state index contributed by atoms with van der Waals surface area (Å²) in [6.45, 7) is 3.94. The van der Waals surface area contributed by atoms with Gasteiger partial charge >= 0.3 is 0 Å². The van der Waals surface area contributed by atoms with Crippen LogP contribution in [0.4, 0.5) is 0 Å². The molecule has 1 atom stereocenters. The predicted octanol–water partition coefficient (Wildman–Crippen LogP) is 2.43. The average molecular weight is 171 g/mol. The number of rotatable bonds is 4. The Bertz CT molecular complexity index is 162. The lowest BCUT2D eigenvalue weighted by atomic mass is 10.3. The number of ether oxygens (including phenoxy) is 1. The Labute approximate surface area is 73.2 Å². The van der Waals surface area contributed by atoms with Crippen LogP contribution in [-0.4, -0.2) is 11.2 Å². The lowest BCUT2D eigenvalue weighted by Gasteiger charge is -2.09. The Morgan fingerprint density at radius 2 is 2.27 bits per heavy atom. The van der Waals surface area contributed by atoms with E-state index < -0.39 is 0 Å². The van der Waals surface area contributed by atoms with Crippen LogP contribution in [0.3, 0.4) is 0 Å². The highest BCUT2D eigenvalue weighted by atomic mass is 32.1. The first kappa shape index (κ1) is 10.4. The van der Waals surface area contributed by atoms with E-state index in [9.17, 15) is 0 Å². The van der Waals surface area contributed by atoms with Crippen LogP contribution in [0.1, 0.15) is 33.1 Å². The molecule has 0 fully saturated rings. The highest BCUT2D eigenvalue weighted by Crippen LogP contribution is 2.01. The third-order valence-corrected chi connectivity index (χ3v) is 1.54. The maximum atomic E-state index is 8.51. The van der Waals surface area contributed by atoms with Gasteiger partial charge in [0, 0.05) is 6.42 Å². The molecule has 0 bridgehead atoms. The van der Waals surface area contributed by atoms with E-state index in [4.69, 9.17) is 22.2 Å². The number of nitrogens with zero attached hydrogens (tertiary/aromatic N) is 1. The quantitative estimate of drug-likeness (QED) is 0.609. The third-order valence-electron chi connectivity index (χ3n) is 1.24. The number of nitriles is 1. The molecule has 1 unspecified atom stereocenters. The van der Waals surface area contributed by atoms with Crippen molar-refractivity contribution < 1.29 is 4.74 Å². The van der Waals surface area contributed by atoms with Crippen molar-refractivity contribution in [2.24, 2.45) is 0 Å². The van der Waals surface area contributed by atoms with Crippen molar-refractivity contribution in [3.63, 3.8) is 0 Å². The summed E-state index contributed by atoms with van der Waals surface area (Å²) in [5.74, 6) is 0. The molecule has 0 spiro atoms. The lowest BCUT2D eigenvalue weighted by molar-refractivity contribution is 0.238. The number of hydrogen-bond acceptors (Lipinski definition) is 3. The smallest absolute Gasteiger partial charge is 0.184 e. The van der Waals surface area contributed by atoms with Crippen molar-refractivity contribution in [2.75, 3.05) is 0 Å². The molecular weight excluding hydrogens is 158 g/mol. The van der Waals surface area contributed by atoms with Crippen LogP contribution in [0.5, 0.6) is 0 Å². The Balaban J connectivity index is 3.65. The Hall–Kier alpha value is -0.620. The Morgan fingerprint density at radius 3 is 2.64 bits per heavy atom. The zero-order chi connectivity index (χ0) is 8.69. The number of hydrogen-bond donors (Lipinski definition) is 0. The maximum Gasteiger partial charge on any atom is 0.184 e. The molecule has 2 nitrogen and oxygen atoms in total. The van der Waals surface area contributed by atoms with Crippen LogP contribution < -0.4 is 0 Å². The minimum Gasteiger partial charge on any atom is -0.469 e. The third kappa shape index (κ3) is 4.74. The summed E-state index contributed by atoms with van der Waals surface area (Å²) in [7, 11) is 0. The molecule has 0 saturated carbocycles. The van der Waals surface area contributed by atoms with Crippen molar-refractivity contribution in [1.29, 1.82) is 5.26 Å². The van der Waals surface area contributed by atoms with Gasteiger partial charge in [-0.15, -0.1) is 0 Å². The summed E-state index contributed by atoms with van der Waals surface area (Å²) >= 11 is 4.89. The van der Waals surface area contributed by atoms with E-state index in [1.807, 2.05) is 19.9 Å². The van der Waals surface area contributed by atoms with Gasteiger partial charge in [-0.3, -0.25) is 0 Å². The first-order valence-corrected chi connectivity index (χ1v) is 4.24. The molecule has 0 rings (SSSR count). The van der Waals surface area contributed by atoms with Crippen LogP contribution in [0, 0.1) is 11.3 Å². The van der Waals surface area contributed by atoms with Gasteiger partial charge in [0.05, 0.1) is 0 Å². The van der Waals surface area contributed by atoms with E-state index in [1.54, 1.807) is 0 Å². The average Bonchev–Trinajstić information content (AvgIpc) is 2.01. The minimum atomic E-state index is -0.353. The van der Waals surface area contributed by atoms with Gasteiger partial charge in [0.2, 0.25) is 0 Å². The second-order valence-electron chi connectivity index (χ2n) is 2.27. The van der Waals surface area contributed by atoms with E-state index >= 15 is 0 Å². The SMILES string of the molecule is CCCC(=S)OC(C#N)CC. The van der Waals surface area contributed by atoms with Crippen molar-refractivity contribution in [2.45, 2.75) is 39.2 Å². The van der Waals surface area contributed by atoms with Crippen LogP contribution in [0.25, 0.3) is 0 Å². The molecular formula is C8H13NOS. The second-order valence-corrected chi connectivity index (χ2v) is 2.72. The molecule has 0 radical (unpaired) electrons.